The summed E-state index contributed by atoms with van der Waals surface area (Å²) in [6.07, 6.45) is -3.45. The minimum atomic E-state index is -4.46. The molecule has 1 N–H and O–H groups in total. The van der Waals surface area contributed by atoms with Crippen LogP contribution in [0, 0.1) is 0 Å². The predicted molar refractivity (Wildman–Crippen MR) is 121 cm³/mol. The van der Waals surface area contributed by atoms with Crippen molar-refractivity contribution in [3.63, 3.8) is 0 Å². The predicted octanol–water partition coefficient (Wildman–Crippen LogP) is 2.81. The van der Waals surface area contributed by atoms with Crippen molar-refractivity contribution in [2.24, 2.45) is 0 Å². The molecule has 13 heteroatoms. The molecule has 1 aliphatic rings. The highest BCUT2D eigenvalue weighted by Gasteiger charge is 2.34. The molecule has 2 aromatic rings. The lowest BCUT2D eigenvalue weighted by molar-refractivity contribution is -0.166. The molecular formula is C22H26F3N3O6S. The van der Waals surface area contributed by atoms with Crippen LogP contribution in [0.15, 0.2) is 48.5 Å². The number of anilines is 1. The van der Waals surface area contributed by atoms with Crippen molar-refractivity contribution in [1.82, 2.24) is 9.96 Å². The molecule has 0 saturated carbocycles. The van der Waals surface area contributed by atoms with Gasteiger partial charge in [0.25, 0.3) is 5.91 Å². The number of alkyl halides is 3. The fourth-order valence-electron chi connectivity index (χ4n) is 3.57. The van der Waals surface area contributed by atoms with Crippen LogP contribution in [0.3, 0.4) is 0 Å². The quantitative estimate of drug-likeness (QED) is 0.425. The maximum Gasteiger partial charge on any atom is 0.416 e. The van der Waals surface area contributed by atoms with Crippen molar-refractivity contribution in [2.45, 2.75) is 12.2 Å². The van der Waals surface area contributed by atoms with Gasteiger partial charge in [0.1, 0.15) is 17.5 Å². The first-order valence-corrected chi connectivity index (χ1v) is 12.4. The van der Waals surface area contributed by atoms with Crippen LogP contribution in [-0.2, 0) is 25.7 Å². The van der Waals surface area contributed by atoms with Crippen LogP contribution in [0.25, 0.3) is 0 Å². The van der Waals surface area contributed by atoms with E-state index in [0.29, 0.717) is 31.4 Å². The van der Waals surface area contributed by atoms with E-state index in [9.17, 15) is 31.6 Å². The summed E-state index contributed by atoms with van der Waals surface area (Å²) in [5, 5.41) is 10.2. The maximum atomic E-state index is 12.7. The summed E-state index contributed by atoms with van der Waals surface area (Å²) in [6, 6.07) is 9.07. The highest BCUT2D eigenvalue weighted by molar-refractivity contribution is 7.92. The van der Waals surface area contributed by atoms with E-state index >= 15 is 0 Å². The van der Waals surface area contributed by atoms with E-state index in [-0.39, 0.29) is 23.7 Å². The van der Waals surface area contributed by atoms with E-state index in [1.165, 1.54) is 43.4 Å². The van der Waals surface area contributed by atoms with Gasteiger partial charge in [0, 0.05) is 20.1 Å². The Balaban J connectivity index is 1.80. The lowest BCUT2D eigenvalue weighted by atomic mass is 10.2. The molecule has 1 unspecified atom stereocenters. The zero-order valence-electron chi connectivity index (χ0n) is 19.1. The Hall–Kier alpha value is -2.87. The lowest BCUT2D eigenvalue weighted by Crippen LogP contribution is -2.56. The summed E-state index contributed by atoms with van der Waals surface area (Å²) in [7, 11) is -2.65. The standard InChI is InChI=1S/C22H26F3N3O6S/c1-26(30)21(29)20(27-11-13-33-14-12-27)15-28(35(2,31)32)17-5-9-19(10-6-17)34-18-7-3-16(4-8-18)22(23,24)25/h3-10,20,30H,11-15H2,1-2H3. The average molecular weight is 518 g/mol. The summed E-state index contributed by atoms with van der Waals surface area (Å²) in [5.41, 5.74) is -0.555. The number of hydroxylamine groups is 2. The minimum absolute atomic E-state index is 0.176. The van der Waals surface area contributed by atoms with E-state index in [4.69, 9.17) is 9.47 Å². The third-order valence-corrected chi connectivity index (χ3v) is 6.53. The van der Waals surface area contributed by atoms with E-state index in [2.05, 4.69) is 0 Å². The molecule has 9 nitrogen and oxygen atoms in total. The van der Waals surface area contributed by atoms with Gasteiger partial charge >= 0.3 is 6.18 Å². The van der Waals surface area contributed by atoms with Crippen LogP contribution in [0.4, 0.5) is 18.9 Å². The second kappa shape index (κ2) is 10.8. The van der Waals surface area contributed by atoms with Crippen molar-refractivity contribution in [1.29, 1.82) is 0 Å². The molecule has 1 aliphatic heterocycles. The first-order valence-electron chi connectivity index (χ1n) is 10.6. The smallest absolute Gasteiger partial charge is 0.416 e. The molecule has 0 spiro atoms. The zero-order chi connectivity index (χ0) is 25.8. The van der Waals surface area contributed by atoms with Gasteiger partial charge in [-0.15, -0.1) is 0 Å². The second-order valence-corrected chi connectivity index (χ2v) is 9.84. The zero-order valence-corrected chi connectivity index (χ0v) is 19.9. The number of morpholine rings is 1. The van der Waals surface area contributed by atoms with Gasteiger partial charge in [-0.2, -0.15) is 13.2 Å². The van der Waals surface area contributed by atoms with Crippen LogP contribution < -0.4 is 9.04 Å². The first kappa shape index (κ1) is 26.7. The van der Waals surface area contributed by atoms with Gasteiger partial charge in [-0.3, -0.25) is 19.2 Å². The third kappa shape index (κ3) is 7.07. The summed E-state index contributed by atoms with van der Waals surface area (Å²) < 4.78 is 75.3. The minimum Gasteiger partial charge on any atom is -0.457 e. The van der Waals surface area contributed by atoms with E-state index in [1.54, 1.807) is 4.90 Å². The molecule has 1 saturated heterocycles. The van der Waals surface area contributed by atoms with Gasteiger partial charge in [0.15, 0.2) is 0 Å². The molecule has 3 rings (SSSR count). The molecule has 1 atom stereocenters. The van der Waals surface area contributed by atoms with Gasteiger partial charge in [-0.1, -0.05) is 0 Å². The third-order valence-electron chi connectivity index (χ3n) is 5.37. The van der Waals surface area contributed by atoms with E-state index < -0.39 is 33.7 Å². The molecule has 0 aliphatic carbocycles. The lowest BCUT2D eigenvalue weighted by Gasteiger charge is -2.37. The number of sulfonamides is 1. The number of carbonyl (C=O) groups excluding carboxylic acids is 1. The molecule has 192 valence electrons. The number of ether oxygens (including phenoxy) is 2. The van der Waals surface area contributed by atoms with Crippen molar-refractivity contribution in [2.75, 3.05) is 50.5 Å². The van der Waals surface area contributed by atoms with Crippen LogP contribution in [0.5, 0.6) is 11.5 Å². The van der Waals surface area contributed by atoms with Crippen LogP contribution in [-0.4, -0.2) is 81.7 Å². The summed E-state index contributed by atoms with van der Waals surface area (Å²) in [6.45, 7) is 1.27. The first-order chi connectivity index (χ1) is 16.4. The Morgan fingerprint density at radius 3 is 2.06 bits per heavy atom. The molecule has 35 heavy (non-hydrogen) atoms. The fraction of sp³-hybridized carbons (Fsp3) is 0.409. The molecule has 0 aromatic heterocycles. The average Bonchev–Trinajstić information content (AvgIpc) is 2.79. The highest BCUT2D eigenvalue weighted by atomic mass is 32.2. The summed E-state index contributed by atoms with van der Waals surface area (Å²) >= 11 is 0. The van der Waals surface area contributed by atoms with Crippen LogP contribution in [0.2, 0.25) is 0 Å². The fourth-order valence-corrected chi connectivity index (χ4v) is 4.49. The molecule has 1 amide bonds. The van der Waals surface area contributed by atoms with Crippen molar-refractivity contribution < 1.29 is 41.1 Å². The molecule has 2 aromatic carbocycles. The molecule has 1 heterocycles. The Labute approximate surface area is 201 Å². The van der Waals surface area contributed by atoms with Gasteiger partial charge in [-0.25, -0.2) is 13.5 Å². The number of rotatable bonds is 8. The number of benzene rings is 2. The van der Waals surface area contributed by atoms with Crippen LogP contribution >= 0.6 is 0 Å². The number of hydrogen-bond acceptors (Lipinski definition) is 7. The number of carbonyl (C=O) groups is 1. The Morgan fingerprint density at radius 1 is 1.09 bits per heavy atom. The maximum absolute atomic E-state index is 12.7. The normalized spacial score (nSPS) is 15.9. The van der Waals surface area contributed by atoms with Gasteiger partial charge in [0.2, 0.25) is 10.0 Å². The monoisotopic (exact) mass is 517 g/mol. The summed E-state index contributed by atoms with van der Waals surface area (Å²) in [5.74, 6) is -0.213. The molecule has 0 bridgehead atoms. The summed E-state index contributed by atoms with van der Waals surface area (Å²) in [4.78, 5) is 14.4. The Kier molecular flexibility index (Phi) is 8.26. The topological polar surface area (TPSA) is 99.6 Å². The van der Waals surface area contributed by atoms with E-state index in [0.717, 1.165) is 22.7 Å². The number of halogens is 3. The van der Waals surface area contributed by atoms with Gasteiger partial charge in [0.05, 0.1) is 37.3 Å². The SMILES string of the molecule is CN(O)C(=O)C(CN(c1ccc(Oc2ccc(C(F)(F)F)cc2)cc1)S(C)(=O)=O)N1CCOCC1. The van der Waals surface area contributed by atoms with Gasteiger partial charge in [-0.05, 0) is 48.5 Å². The van der Waals surface area contributed by atoms with Crippen molar-refractivity contribution in [3.05, 3.63) is 54.1 Å². The van der Waals surface area contributed by atoms with E-state index in [1.807, 2.05) is 0 Å². The number of likely N-dealkylation sites (N-methyl/N-ethyl adjacent to an activating group) is 1. The largest absolute Gasteiger partial charge is 0.457 e. The molecule has 0 radical (unpaired) electrons. The van der Waals surface area contributed by atoms with Gasteiger partial charge < -0.3 is 9.47 Å². The Morgan fingerprint density at radius 2 is 1.60 bits per heavy atom. The molecular weight excluding hydrogens is 491 g/mol. The molecule has 1 fully saturated rings. The Bertz CT molecular complexity index is 1100. The highest BCUT2D eigenvalue weighted by Crippen LogP contribution is 2.32. The number of nitrogens with zero attached hydrogens (tertiary/aromatic N) is 3. The second-order valence-electron chi connectivity index (χ2n) is 7.94. The number of hydrogen-bond donors (Lipinski definition) is 1. The van der Waals surface area contributed by atoms with Crippen LogP contribution in [0.1, 0.15) is 5.56 Å². The number of amides is 1. The van der Waals surface area contributed by atoms with Crippen molar-refractivity contribution >= 4 is 21.6 Å². The van der Waals surface area contributed by atoms with Crippen molar-refractivity contribution in [3.8, 4) is 11.5 Å².